The molecule has 0 radical (unpaired) electrons. The molecule has 4 heteroatoms. The molecule has 1 aromatic carbocycles. The van der Waals surface area contributed by atoms with Gasteiger partial charge in [0, 0.05) is 12.1 Å². The second kappa shape index (κ2) is 4.35. The second-order valence-electron chi connectivity index (χ2n) is 3.57. The predicted molar refractivity (Wildman–Crippen MR) is 62.4 cm³/mol. The summed E-state index contributed by atoms with van der Waals surface area (Å²) in [5, 5.41) is 8.28. The maximum atomic E-state index is 5.19. The molecule has 1 aromatic heterocycles. The molecule has 2 aromatic rings. The minimum Gasteiger partial charge on any atom is -0.497 e. The van der Waals surface area contributed by atoms with Crippen LogP contribution in [0.3, 0.4) is 0 Å². The van der Waals surface area contributed by atoms with Gasteiger partial charge in [0.15, 0.2) is 0 Å². The lowest BCUT2D eigenvalue weighted by Crippen LogP contribution is -1.98. The van der Waals surface area contributed by atoms with E-state index in [1.54, 1.807) is 7.11 Å². The highest BCUT2D eigenvalue weighted by atomic mass is 16.5. The Labute approximate surface area is 94.9 Å². The minimum atomic E-state index is 0.836. The molecule has 0 aliphatic heterocycles. The van der Waals surface area contributed by atoms with Crippen molar-refractivity contribution in [1.29, 1.82) is 0 Å². The molecular weight excluding hydrogens is 202 g/mol. The van der Waals surface area contributed by atoms with E-state index >= 15 is 0 Å². The van der Waals surface area contributed by atoms with Gasteiger partial charge in [-0.15, -0.1) is 5.10 Å². The van der Waals surface area contributed by atoms with Crippen molar-refractivity contribution >= 4 is 0 Å². The van der Waals surface area contributed by atoms with Crippen LogP contribution in [-0.4, -0.2) is 22.1 Å². The highest BCUT2D eigenvalue weighted by Gasteiger charge is 2.09. The Morgan fingerprint density at radius 3 is 2.81 bits per heavy atom. The van der Waals surface area contributed by atoms with Crippen LogP contribution in [0.1, 0.15) is 12.6 Å². The van der Waals surface area contributed by atoms with Crippen LogP contribution < -0.4 is 4.74 Å². The van der Waals surface area contributed by atoms with Crippen molar-refractivity contribution in [2.24, 2.45) is 0 Å². The number of rotatable bonds is 3. The maximum Gasteiger partial charge on any atom is 0.119 e. The summed E-state index contributed by atoms with van der Waals surface area (Å²) >= 11 is 0. The van der Waals surface area contributed by atoms with Gasteiger partial charge in [-0.25, -0.2) is 4.68 Å². The van der Waals surface area contributed by atoms with E-state index in [1.807, 2.05) is 35.9 Å². The fourth-order valence-corrected chi connectivity index (χ4v) is 1.70. The van der Waals surface area contributed by atoms with Gasteiger partial charge in [-0.2, -0.15) is 0 Å². The molecular formula is C12H15N3O. The Balaban J connectivity index is 2.45. The first-order valence-electron chi connectivity index (χ1n) is 5.30. The first-order chi connectivity index (χ1) is 7.76. The average molecular weight is 217 g/mol. The van der Waals surface area contributed by atoms with E-state index in [0.29, 0.717) is 0 Å². The van der Waals surface area contributed by atoms with Gasteiger partial charge in [-0.1, -0.05) is 17.3 Å². The largest absolute Gasteiger partial charge is 0.497 e. The van der Waals surface area contributed by atoms with Crippen molar-refractivity contribution in [2.75, 3.05) is 7.11 Å². The SMILES string of the molecule is CCn1nnc(-c2cccc(OC)c2)c1C. The van der Waals surface area contributed by atoms with Crippen molar-refractivity contribution in [3.63, 3.8) is 0 Å². The van der Waals surface area contributed by atoms with Crippen molar-refractivity contribution in [1.82, 2.24) is 15.0 Å². The van der Waals surface area contributed by atoms with Gasteiger partial charge in [0.2, 0.25) is 0 Å². The van der Waals surface area contributed by atoms with Gasteiger partial charge in [0.1, 0.15) is 11.4 Å². The molecule has 0 saturated heterocycles. The molecule has 0 atom stereocenters. The van der Waals surface area contributed by atoms with Crippen LogP contribution in [0.15, 0.2) is 24.3 Å². The molecule has 0 spiro atoms. The number of aryl methyl sites for hydroxylation is 1. The highest BCUT2D eigenvalue weighted by molar-refractivity contribution is 5.62. The number of benzene rings is 1. The van der Waals surface area contributed by atoms with E-state index in [0.717, 1.165) is 29.2 Å². The number of hydrogen-bond donors (Lipinski definition) is 0. The lowest BCUT2D eigenvalue weighted by Gasteiger charge is -2.03. The average Bonchev–Trinajstić information content (AvgIpc) is 2.70. The summed E-state index contributed by atoms with van der Waals surface area (Å²) in [5.74, 6) is 0.836. The molecule has 0 N–H and O–H groups in total. The van der Waals surface area contributed by atoms with Gasteiger partial charge in [-0.3, -0.25) is 0 Å². The molecule has 16 heavy (non-hydrogen) atoms. The van der Waals surface area contributed by atoms with Gasteiger partial charge in [0.05, 0.1) is 12.8 Å². The Kier molecular flexibility index (Phi) is 2.90. The zero-order valence-electron chi connectivity index (χ0n) is 9.77. The van der Waals surface area contributed by atoms with Crippen LogP contribution in [0.4, 0.5) is 0 Å². The summed E-state index contributed by atoms with van der Waals surface area (Å²) in [6, 6.07) is 7.86. The van der Waals surface area contributed by atoms with Crippen molar-refractivity contribution in [2.45, 2.75) is 20.4 Å². The second-order valence-corrected chi connectivity index (χ2v) is 3.57. The van der Waals surface area contributed by atoms with Gasteiger partial charge >= 0.3 is 0 Å². The third-order valence-corrected chi connectivity index (χ3v) is 2.63. The third kappa shape index (κ3) is 1.78. The third-order valence-electron chi connectivity index (χ3n) is 2.63. The molecule has 1 heterocycles. The zero-order valence-corrected chi connectivity index (χ0v) is 9.77. The van der Waals surface area contributed by atoms with Crippen LogP contribution in [0.5, 0.6) is 5.75 Å². The molecule has 0 aliphatic carbocycles. The van der Waals surface area contributed by atoms with Crippen LogP contribution >= 0.6 is 0 Å². The normalized spacial score (nSPS) is 10.4. The van der Waals surface area contributed by atoms with E-state index in [1.165, 1.54) is 0 Å². The maximum absolute atomic E-state index is 5.19. The standard InChI is InChI=1S/C12H15N3O/c1-4-15-9(2)12(13-14-15)10-6-5-7-11(8-10)16-3/h5-8H,4H2,1-3H3. The molecule has 2 rings (SSSR count). The van der Waals surface area contributed by atoms with E-state index < -0.39 is 0 Å². The highest BCUT2D eigenvalue weighted by Crippen LogP contribution is 2.24. The molecule has 0 bridgehead atoms. The van der Waals surface area contributed by atoms with E-state index in [4.69, 9.17) is 4.74 Å². The summed E-state index contributed by atoms with van der Waals surface area (Å²) in [6.07, 6.45) is 0. The van der Waals surface area contributed by atoms with Crippen LogP contribution in [0.2, 0.25) is 0 Å². The summed E-state index contributed by atoms with van der Waals surface area (Å²) in [6.45, 7) is 4.91. The monoisotopic (exact) mass is 217 g/mol. The Morgan fingerprint density at radius 2 is 2.19 bits per heavy atom. The van der Waals surface area contributed by atoms with E-state index in [2.05, 4.69) is 17.2 Å². The quantitative estimate of drug-likeness (QED) is 0.791. The topological polar surface area (TPSA) is 39.9 Å². The molecule has 0 aliphatic rings. The molecule has 0 amide bonds. The molecule has 0 saturated carbocycles. The summed E-state index contributed by atoms with van der Waals surface area (Å²) in [5.41, 5.74) is 3.04. The molecule has 84 valence electrons. The van der Waals surface area contributed by atoms with Gasteiger partial charge in [-0.05, 0) is 26.0 Å². The number of nitrogens with zero attached hydrogens (tertiary/aromatic N) is 3. The Morgan fingerprint density at radius 1 is 1.38 bits per heavy atom. The van der Waals surface area contributed by atoms with E-state index in [9.17, 15) is 0 Å². The Hall–Kier alpha value is -1.84. The molecule has 0 fully saturated rings. The predicted octanol–water partition coefficient (Wildman–Crippen LogP) is 2.28. The zero-order chi connectivity index (χ0) is 11.5. The van der Waals surface area contributed by atoms with E-state index in [-0.39, 0.29) is 0 Å². The molecule has 0 unspecified atom stereocenters. The number of ether oxygens (including phenoxy) is 1. The summed E-state index contributed by atoms with van der Waals surface area (Å²) < 4.78 is 7.08. The minimum absolute atomic E-state index is 0.836. The first kappa shape index (κ1) is 10.7. The Bertz CT molecular complexity index is 491. The molecule has 4 nitrogen and oxygen atoms in total. The number of hydrogen-bond acceptors (Lipinski definition) is 3. The number of aromatic nitrogens is 3. The summed E-state index contributed by atoms with van der Waals surface area (Å²) in [4.78, 5) is 0. The summed E-state index contributed by atoms with van der Waals surface area (Å²) in [7, 11) is 1.66. The first-order valence-corrected chi connectivity index (χ1v) is 5.30. The van der Waals surface area contributed by atoms with Gasteiger partial charge < -0.3 is 4.74 Å². The lowest BCUT2D eigenvalue weighted by molar-refractivity contribution is 0.415. The fourth-order valence-electron chi connectivity index (χ4n) is 1.70. The van der Waals surface area contributed by atoms with Crippen molar-refractivity contribution < 1.29 is 4.74 Å². The van der Waals surface area contributed by atoms with Crippen LogP contribution in [-0.2, 0) is 6.54 Å². The van der Waals surface area contributed by atoms with Crippen LogP contribution in [0.25, 0.3) is 11.3 Å². The smallest absolute Gasteiger partial charge is 0.119 e. The lowest BCUT2D eigenvalue weighted by atomic mass is 10.1. The van der Waals surface area contributed by atoms with Gasteiger partial charge in [0.25, 0.3) is 0 Å². The van der Waals surface area contributed by atoms with Crippen molar-refractivity contribution in [3.8, 4) is 17.0 Å². The van der Waals surface area contributed by atoms with Crippen molar-refractivity contribution in [3.05, 3.63) is 30.0 Å². The fraction of sp³-hybridized carbons (Fsp3) is 0.333. The number of methoxy groups -OCH3 is 1. The van der Waals surface area contributed by atoms with Crippen LogP contribution in [0, 0.1) is 6.92 Å².